The molecule has 0 saturated heterocycles. The number of nitrogens with zero attached hydrogens (tertiary/aromatic N) is 1. The maximum atomic E-state index is 11.2. The predicted octanol–water partition coefficient (Wildman–Crippen LogP) is 2.01. The van der Waals surface area contributed by atoms with Crippen LogP contribution in [0, 0.1) is 0 Å². The highest BCUT2D eigenvalue weighted by Gasteiger charge is 2.16. The van der Waals surface area contributed by atoms with Crippen molar-refractivity contribution in [3.05, 3.63) is 28.0 Å². The van der Waals surface area contributed by atoms with Crippen LogP contribution in [-0.2, 0) is 17.8 Å². The molecule has 0 aromatic carbocycles. The molecule has 1 aliphatic rings. The molecule has 0 amide bonds. The van der Waals surface area contributed by atoms with Crippen LogP contribution in [0.2, 0.25) is 5.15 Å². The zero-order valence-corrected chi connectivity index (χ0v) is 8.60. The number of carbonyl (C=O) groups excluding carboxylic acids is 1. The summed E-state index contributed by atoms with van der Waals surface area (Å²) in [5.41, 5.74) is 2.41. The fourth-order valence-corrected chi connectivity index (χ4v) is 1.80. The van der Waals surface area contributed by atoms with Crippen molar-refractivity contribution >= 4 is 17.4 Å². The van der Waals surface area contributed by atoms with Gasteiger partial charge in [-0.1, -0.05) is 11.6 Å². The molecular formula is C10H10ClNO2. The van der Waals surface area contributed by atoms with Crippen LogP contribution >= 0.6 is 11.6 Å². The molecule has 0 fully saturated rings. The summed E-state index contributed by atoms with van der Waals surface area (Å²) in [6, 6.07) is 1.78. The minimum Gasteiger partial charge on any atom is -0.376 e. The van der Waals surface area contributed by atoms with Crippen LogP contribution in [0.25, 0.3) is 0 Å². The van der Waals surface area contributed by atoms with E-state index in [-0.39, 0.29) is 5.78 Å². The predicted molar refractivity (Wildman–Crippen MR) is 52.6 cm³/mol. The second-order valence-corrected chi connectivity index (χ2v) is 3.65. The summed E-state index contributed by atoms with van der Waals surface area (Å²) in [6.07, 6.45) is 0.771. The molecule has 0 spiro atoms. The maximum absolute atomic E-state index is 11.2. The standard InChI is InChI=1S/C10H10ClNO2/c1-6(13)8-4-7-5-14-3-2-9(7)12-10(8)11/h4H,2-3,5H2,1H3. The summed E-state index contributed by atoms with van der Waals surface area (Å²) in [5.74, 6) is -0.0594. The lowest BCUT2D eigenvalue weighted by Crippen LogP contribution is -2.13. The summed E-state index contributed by atoms with van der Waals surface area (Å²) in [7, 11) is 0. The molecule has 0 atom stereocenters. The zero-order chi connectivity index (χ0) is 10.1. The Hall–Kier alpha value is -0.930. The molecule has 4 heteroatoms. The summed E-state index contributed by atoms with van der Waals surface area (Å²) in [5, 5.41) is 0.304. The van der Waals surface area contributed by atoms with E-state index in [1.165, 1.54) is 6.92 Å². The molecule has 2 heterocycles. The second kappa shape index (κ2) is 3.67. The first-order chi connectivity index (χ1) is 6.68. The lowest BCUT2D eigenvalue weighted by atomic mass is 10.1. The van der Waals surface area contributed by atoms with Crippen molar-refractivity contribution in [2.24, 2.45) is 0 Å². The van der Waals surface area contributed by atoms with Crippen molar-refractivity contribution in [2.45, 2.75) is 20.0 Å². The Labute approximate surface area is 87.0 Å². The normalized spacial score (nSPS) is 15.0. The molecule has 0 bridgehead atoms. The van der Waals surface area contributed by atoms with Gasteiger partial charge in [0.1, 0.15) is 5.15 Å². The van der Waals surface area contributed by atoms with Crippen molar-refractivity contribution in [1.29, 1.82) is 0 Å². The fourth-order valence-electron chi connectivity index (χ4n) is 1.51. The first-order valence-corrected chi connectivity index (χ1v) is 4.83. The summed E-state index contributed by atoms with van der Waals surface area (Å²) >= 11 is 5.88. The summed E-state index contributed by atoms with van der Waals surface area (Å²) in [6.45, 7) is 2.69. The van der Waals surface area contributed by atoms with Crippen molar-refractivity contribution in [3.8, 4) is 0 Å². The van der Waals surface area contributed by atoms with Crippen molar-refractivity contribution < 1.29 is 9.53 Å². The second-order valence-electron chi connectivity index (χ2n) is 3.29. The van der Waals surface area contributed by atoms with Gasteiger partial charge >= 0.3 is 0 Å². The summed E-state index contributed by atoms with van der Waals surface area (Å²) < 4.78 is 5.28. The average Bonchev–Trinajstić information content (AvgIpc) is 2.16. The van der Waals surface area contributed by atoms with E-state index in [0.717, 1.165) is 17.7 Å². The first kappa shape index (κ1) is 9.62. The number of rotatable bonds is 1. The molecular weight excluding hydrogens is 202 g/mol. The molecule has 1 aromatic rings. The molecule has 2 rings (SSSR count). The van der Waals surface area contributed by atoms with E-state index >= 15 is 0 Å². The van der Waals surface area contributed by atoms with Gasteiger partial charge in [0, 0.05) is 17.7 Å². The molecule has 14 heavy (non-hydrogen) atoms. The number of ether oxygens (including phenoxy) is 1. The van der Waals surface area contributed by atoms with Gasteiger partial charge in [-0.05, 0) is 13.0 Å². The van der Waals surface area contributed by atoms with Crippen LogP contribution in [0.4, 0.5) is 0 Å². The highest BCUT2D eigenvalue weighted by Crippen LogP contribution is 2.22. The van der Waals surface area contributed by atoms with Gasteiger partial charge < -0.3 is 4.74 Å². The Balaban J connectivity index is 2.50. The number of hydrogen-bond acceptors (Lipinski definition) is 3. The van der Waals surface area contributed by atoms with E-state index in [4.69, 9.17) is 16.3 Å². The van der Waals surface area contributed by atoms with E-state index in [1.807, 2.05) is 0 Å². The monoisotopic (exact) mass is 211 g/mol. The van der Waals surface area contributed by atoms with Crippen molar-refractivity contribution in [1.82, 2.24) is 4.98 Å². The quantitative estimate of drug-likeness (QED) is 0.527. The van der Waals surface area contributed by atoms with Gasteiger partial charge in [0.05, 0.1) is 18.8 Å². The molecule has 1 aliphatic heterocycles. The van der Waals surface area contributed by atoms with Gasteiger partial charge in [0.15, 0.2) is 5.78 Å². The van der Waals surface area contributed by atoms with Gasteiger partial charge in [-0.25, -0.2) is 4.98 Å². The van der Waals surface area contributed by atoms with Crippen molar-refractivity contribution in [3.63, 3.8) is 0 Å². The minimum atomic E-state index is -0.0594. The highest BCUT2D eigenvalue weighted by atomic mass is 35.5. The van der Waals surface area contributed by atoms with Gasteiger partial charge in [0.25, 0.3) is 0 Å². The van der Waals surface area contributed by atoms with Gasteiger partial charge in [-0.15, -0.1) is 0 Å². The number of aromatic nitrogens is 1. The lowest BCUT2D eigenvalue weighted by Gasteiger charge is -2.16. The SMILES string of the molecule is CC(=O)c1cc2c(nc1Cl)CCOC2. The van der Waals surface area contributed by atoms with E-state index < -0.39 is 0 Å². The summed E-state index contributed by atoms with van der Waals surface area (Å²) in [4.78, 5) is 15.4. The van der Waals surface area contributed by atoms with E-state index in [1.54, 1.807) is 6.07 Å². The highest BCUT2D eigenvalue weighted by molar-refractivity contribution is 6.32. The number of hydrogen-bond donors (Lipinski definition) is 0. The third kappa shape index (κ3) is 1.65. The number of halogens is 1. The molecule has 0 radical (unpaired) electrons. The van der Waals surface area contributed by atoms with E-state index in [2.05, 4.69) is 4.98 Å². The first-order valence-electron chi connectivity index (χ1n) is 4.45. The van der Waals surface area contributed by atoms with Gasteiger partial charge in [-0.3, -0.25) is 4.79 Å². The van der Waals surface area contributed by atoms with E-state index in [9.17, 15) is 4.79 Å². The third-order valence-electron chi connectivity index (χ3n) is 2.26. The van der Waals surface area contributed by atoms with Crippen LogP contribution in [0.5, 0.6) is 0 Å². The van der Waals surface area contributed by atoms with E-state index in [0.29, 0.717) is 23.9 Å². The Morgan fingerprint density at radius 3 is 3.14 bits per heavy atom. The largest absolute Gasteiger partial charge is 0.376 e. The van der Waals surface area contributed by atoms with Crippen LogP contribution in [-0.4, -0.2) is 17.4 Å². The number of ketones is 1. The smallest absolute Gasteiger partial charge is 0.162 e. The van der Waals surface area contributed by atoms with Gasteiger partial charge in [0.2, 0.25) is 0 Å². The number of fused-ring (bicyclic) bond motifs is 1. The topological polar surface area (TPSA) is 39.2 Å². The molecule has 3 nitrogen and oxygen atoms in total. The maximum Gasteiger partial charge on any atom is 0.162 e. The number of Topliss-reactive ketones (excluding diaryl/α,β-unsaturated/α-hetero) is 1. The zero-order valence-electron chi connectivity index (χ0n) is 7.84. The average molecular weight is 212 g/mol. The Morgan fingerprint density at radius 1 is 1.64 bits per heavy atom. The Kier molecular flexibility index (Phi) is 2.52. The third-order valence-corrected chi connectivity index (χ3v) is 2.55. The number of pyridine rings is 1. The van der Waals surface area contributed by atoms with Crippen LogP contribution in [0.3, 0.4) is 0 Å². The Morgan fingerprint density at radius 2 is 2.43 bits per heavy atom. The Bertz CT molecular complexity index is 390. The fraction of sp³-hybridized carbons (Fsp3) is 0.400. The van der Waals surface area contributed by atoms with Crippen LogP contribution < -0.4 is 0 Å². The van der Waals surface area contributed by atoms with Crippen LogP contribution in [0.1, 0.15) is 28.5 Å². The molecule has 0 N–H and O–H groups in total. The molecule has 74 valence electrons. The number of carbonyl (C=O) groups is 1. The molecule has 0 saturated carbocycles. The molecule has 0 unspecified atom stereocenters. The molecule has 0 aliphatic carbocycles. The minimum absolute atomic E-state index is 0.0594. The molecule has 1 aromatic heterocycles. The lowest BCUT2D eigenvalue weighted by molar-refractivity contribution is 0.101. The van der Waals surface area contributed by atoms with Crippen LogP contribution in [0.15, 0.2) is 6.07 Å². The van der Waals surface area contributed by atoms with Crippen molar-refractivity contribution in [2.75, 3.05) is 6.61 Å². The van der Waals surface area contributed by atoms with Gasteiger partial charge in [-0.2, -0.15) is 0 Å².